The fraction of sp³-hybridized carbons (Fsp3) is 0.167. The second kappa shape index (κ2) is 7.80. The van der Waals surface area contributed by atoms with Crippen molar-refractivity contribution < 1.29 is 9.47 Å². The van der Waals surface area contributed by atoms with Crippen LogP contribution in [0, 0.1) is 11.3 Å². The zero-order valence-electron chi connectivity index (χ0n) is 14.3. The second-order valence-corrected chi connectivity index (χ2v) is 6.24. The second-order valence-electron chi connectivity index (χ2n) is 5.30. The lowest BCUT2D eigenvalue weighted by Gasteiger charge is -2.10. The SMILES string of the molecule is COc1ccc(-c2nnc(SCc3ccccc3C#N)n2N)c(OC)c1. The van der Waals surface area contributed by atoms with E-state index >= 15 is 0 Å². The minimum atomic E-state index is 0.487. The van der Waals surface area contributed by atoms with Crippen LogP contribution in [0.1, 0.15) is 11.1 Å². The van der Waals surface area contributed by atoms with E-state index in [0.717, 1.165) is 5.56 Å². The van der Waals surface area contributed by atoms with Gasteiger partial charge in [0.1, 0.15) is 11.5 Å². The number of hydrogen-bond acceptors (Lipinski definition) is 7. The standard InChI is InChI=1S/C18H17N5O2S/c1-24-14-7-8-15(16(9-14)25-2)17-21-22-18(23(17)20)26-11-13-6-4-3-5-12(13)10-19/h3-9H,11,20H2,1-2H3. The van der Waals surface area contributed by atoms with Gasteiger partial charge in [0.25, 0.3) is 0 Å². The third kappa shape index (κ3) is 3.43. The molecule has 3 rings (SSSR count). The van der Waals surface area contributed by atoms with Crippen LogP contribution in [0.4, 0.5) is 0 Å². The fourth-order valence-electron chi connectivity index (χ4n) is 2.44. The van der Waals surface area contributed by atoms with E-state index in [1.807, 2.05) is 30.3 Å². The molecule has 26 heavy (non-hydrogen) atoms. The van der Waals surface area contributed by atoms with Gasteiger partial charge in [-0.15, -0.1) is 10.2 Å². The maximum absolute atomic E-state index is 9.18. The van der Waals surface area contributed by atoms with Gasteiger partial charge in [-0.25, -0.2) is 4.68 Å². The van der Waals surface area contributed by atoms with E-state index in [4.69, 9.17) is 15.3 Å². The fourth-order valence-corrected chi connectivity index (χ4v) is 3.30. The maximum Gasteiger partial charge on any atom is 0.210 e. The highest BCUT2D eigenvalue weighted by Gasteiger charge is 2.17. The van der Waals surface area contributed by atoms with Crippen molar-refractivity contribution >= 4 is 11.8 Å². The van der Waals surface area contributed by atoms with Gasteiger partial charge in [-0.2, -0.15) is 5.26 Å². The first-order valence-electron chi connectivity index (χ1n) is 7.71. The summed E-state index contributed by atoms with van der Waals surface area (Å²) in [4.78, 5) is 0. The molecule has 3 aromatic rings. The molecule has 0 unspecified atom stereocenters. The quantitative estimate of drug-likeness (QED) is 0.528. The van der Waals surface area contributed by atoms with Crippen molar-refractivity contribution in [3.8, 4) is 29.0 Å². The molecule has 7 nitrogen and oxygen atoms in total. The third-order valence-electron chi connectivity index (χ3n) is 3.81. The minimum absolute atomic E-state index is 0.487. The average molecular weight is 367 g/mol. The first kappa shape index (κ1) is 17.6. The zero-order chi connectivity index (χ0) is 18.5. The number of aromatic nitrogens is 3. The van der Waals surface area contributed by atoms with Gasteiger partial charge in [0, 0.05) is 11.8 Å². The van der Waals surface area contributed by atoms with Gasteiger partial charge < -0.3 is 15.3 Å². The highest BCUT2D eigenvalue weighted by Crippen LogP contribution is 2.33. The molecule has 0 atom stereocenters. The molecular formula is C18H17N5O2S. The smallest absolute Gasteiger partial charge is 0.210 e. The molecule has 0 aliphatic rings. The van der Waals surface area contributed by atoms with Crippen molar-refractivity contribution in [2.75, 3.05) is 20.1 Å². The number of rotatable bonds is 6. The predicted molar refractivity (Wildman–Crippen MR) is 99.4 cm³/mol. The van der Waals surface area contributed by atoms with Crippen molar-refractivity contribution in [1.82, 2.24) is 14.9 Å². The summed E-state index contributed by atoms with van der Waals surface area (Å²) in [5.41, 5.74) is 2.28. The number of nitriles is 1. The Morgan fingerprint density at radius 3 is 2.69 bits per heavy atom. The van der Waals surface area contributed by atoms with Gasteiger partial charge in [-0.05, 0) is 23.8 Å². The lowest BCUT2D eigenvalue weighted by Crippen LogP contribution is -2.12. The number of ether oxygens (including phenoxy) is 2. The number of hydrogen-bond donors (Lipinski definition) is 1. The van der Waals surface area contributed by atoms with Gasteiger partial charge in [0.05, 0.1) is 31.4 Å². The Kier molecular flexibility index (Phi) is 5.29. The number of benzene rings is 2. The summed E-state index contributed by atoms with van der Waals surface area (Å²) in [5, 5.41) is 18.1. The van der Waals surface area contributed by atoms with E-state index in [-0.39, 0.29) is 0 Å². The summed E-state index contributed by atoms with van der Waals surface area (Å²) in [6, 6.07) is 15.0. The summed E-state index contributed by atoms with van der Waals surface area (Å²) in [6.07, 6.45) is 0. The molecule has 0 fully saturated rings. The molecule has 0 spiro atoms. The van der Waals surface area contributed by atoms with E-state index in [1.165, 1.54) is 16.4 Å². The molecule has 8 heteroatoms. The number of nitrogens with two attached hydrogens (primary N) is 1. The van der Waals surface area contributed by atoms with Gasteiger partial charge in [0.2, 0.25) is 5.16 Å². The number of nitrogen functional groups attached to an aromatic ring is 1. The van der Waals surface area contributed by atoms with E-state index in [9.17, 15) is 5.26 Å². The molecule has 0 radical (unpaired) electrons. The van der Waals surface area contributed by atoms with Crippen molar-refractivity contribution in [3.63, 3.8) is 0 Å². The molecule has 1 heterocycles. The highest BCUT2D eigenvalue weighted by atomic mass is 32.2. The predicted octanol–water partition coefficient (Wildman–Crippen LogP) is 2.84. The normalized spacial score (nSPS) is 10.3. The Hall–Kier alpha value is -3.18. The molecule has 0 bridgehead atoms. The van der Waals surface area contributed by atoms with Crippen LogP contribution in [0.25, 0.3) is 11.4 Å². The molecule has 2 aromatic carbocycles. The summed E-state index contributed by atoms with van der Waals surface area (Å²) in [7, 11) is 3.16. The van der Waals surface area contributed by atoms with Crippen LogP contribution in [0.2, 0.25) is 0 Å². The van der Waals surface area contributed by atoms with Crippen molar-refractivity contribution in [2.24, 2.45) is 0 Å². The van der Waals surface area contributed by atoms with E-state index in [2.05, 4.69) is 16.3 Å². The number of thioether (sulfide) groups is 1. The van der Waals surface area contributed by atoms with Gasteiger partial charge in [-0.1, -0.05) is 30.0 Å². The van der Waals surface area contributed by atoms with Crippen LogP contribution in [-0.4, -0.2) is 29.1 Å². The Morgan fingerprint density at radius 2 is 1.96 bits per heavy atom. The van der Waals surface area contributed by atoms with Gasteiger partial charge in [0.15, 0.2) is 5.82 Å². The molecule has 2 N–H and O–H groups in total. The minimum Gasteiger partial charge on any atom is -0.497 e. The highest BCUT2D eigenvalue weighted by molar-refractivity contribution is 7.98. The van der Waals surface area contributed by atoms with Crippen LogP contribution < -0.4 is 15.3 Å². The Morgan fingerprint density at radius 1 is 1.15 bits per heavy atom. The van der Waals surface area contributed by atoms with E-state index in [0.29, 0.717) is 39.4 Å². The molecular weight excluding hydrogens is 350 g/mol. The van der Waals surface area contributed by atoms with Crippen molar-refractivity contribution in [3.05, 3.63) is 53.6 Å². The van der Waals surface area contributed by atoms with E-state index in [1.54, 1.807) is 26.4 Å². The largest absolute Gasteiger partial charge is 0.497 e. The van der Waals surface area contributed by atoms with Crippen LogP contribution in [0.15, 0.2) is 47.6 Å². The molecule has 0 aliphatic heterocycles. The molecule has 0 saturated carbocycles. The van der Waals surface area contributed by atoms with Crippen LogP contribution >= 0.6 is 11.8 Å². The molecule has 132 valence electrons. The average Bonchev–Trinajstić information content (AvgIpc) is 3.06. The van der Waals surface area contributed by atoms with Crippen LogP contribution in [0.5, 0.6) is 11.5 Å². The lowest BCUT2D eigenvalue weighted by molar-refractivity contribution is 0.395. The van der Waals surface area contributed by atoms with Crippen molar-refractivity contribution in [2.45, 2.75) is 10.9 Å². The summed E-state index contributed by atoms with van der Waals surface area (Å²) < 4.78 is 12.0. The van der Waals surface area contributed by atoms with Gasteiger partial charge >= 0.3 is 0 Å². The maximum atomic E-state index is 9.18. The van der Waals surface area contributed by atoms with Gasteiger partial charge in [-0.3, -0.25) is 0 Å². The van der Waals surface area contributed by atoms with Crippen molar-refractivity contribution in [1.29, 1.82) is 5.26 Å². The first-order chi connectivity index (χ1) is 12.7. The topological polar surface area (TPSA) is 99.0 Å². The van der Waals surface area contributed by atoms with Crippen LogP contribution in [0.3, 0.4) is 0 Å². The monoisotopic (exact) mass is 367 g/mol. The third-order valence-corrected chi connectivity index (χ3v) is 4.80. The molecule has 0 saturated heterocycles. The Bertz CT molecular complexity index is 964. The molecule has 0 amide bonds. The molecule has 0 aliphatic carbocycles. The zero-order valence-corrected chi connectivity index (χ0v) is 15.2. The Balaban J connectivity index is 1.86. The first-order valence-corrected chi connectivity index (χ1v) is 8.70. The summed E-state index contributed by atoms with van der Waals surface area (Å²) >= 11 is 1.41. The number of nitrogens with zero attached hydrogens (tertiary/aromatic N) is 4. The number of methoxy groups -OCH3 is 2. The summed E-state index contributed by atoms with van der Waals surface area (Å²) in [6.45, 7) is 0. The van der Waals surface area contributed by atoms with E-state index < -0.39 is 0 Å². The lowest BCUT2D eigenvalue weighted by atomic mass is 10.1. The van der Waals surface area contributed by atoms with Crippen LogP contribution in [-0.2, 0) is 5.75 Å². The summed E-state index contributed by atoms with van der Waals surface area (Å²) in [5.74, 6) is 8.51. The Labute approximate surface area is 155 Å². The molecule has 1 aromatic heterocycles.